The molecule has 0 fully saturated rings. The van der Waals surface area contributed by atoms with Crippen LogP contribution in [0.5, 0.6) is 5.75 Å². The monoisotopic (exact) mass is 834 g/mol. The first-order valence-electron chi connectivity index (χ1n) is 24.2. The highest BCUT2D eigenvalue weighted by atomic mass is 16.3. The zero-order valence-electron chi connectivity index (χ0n) is 43.0. The minimum atomic E-state index is -2.54. The highest BCUT2D eigenvalue weighted by molar-refractivity contribution is 5.97. The van der Waals surface area contributed by atoms with Gasteiger partial charge in [0, 0.05) is 22.8 Å². The average Bonchev–Trinajstić information content (AvgIpc) is 3.65. The fourth-order valence-corrected chi connectivity index (χ4v) is 8.86. The molecule has 0 unspecified atom stereocenters. The van der Waals surface area contributed by atoms with E-state index >= 15 is 0 Å². The molecule has 4 nitrogen and oxygen atoms in total. The van der Waals surface area contributed by atoms with Crippen LogP contribution in [0.4, 0.5) is 0 Å². The average molecular weight is 834 g/mol. The van der Waals surface area contributed by atoms with Gasteiger partial charge in [-0.15, -0.1) is 0 Å². The number of rotatable bonds is 8. The molecule has 0 atom stereocenters. The van der Waals surface area contributed by atoms with Crippen LogP contribution >= 0.6 is 0 Å². The Hall–Kier alpha value is -6.26. The topological polar surface area (TPSA) is 50.9 Å². The standard InChI is InChI=1S/C59H63N3O/c1-35(2)47-16-14-17-48(36(3)4)54(47)42-22-25-52(38(6)30-42)62-53-19-15-18-49(55(53)61-57(62)50-29-37(5)28-39(7)56(50)63)43-31-44(33-46(32-43)59(11,12)13)51-34-41(26-27-60-51)40-20-23-45(24-21-40)58(8,9)10/h14-36,63H,1-13H3/i6D3,35D. The van der Waals surface area contributed by atoms with Gasteiger partial charge >= 0.3 is 0 Å². The van der Waals surface area contributed by atoms with Crippen molar-refractivity contribution in [2.45, 2.75) is 113 Å². The van der Waals surface area contributed by atoms with Crippen LogP contribution in [0.25, 0.3) is 72.7 Å². The van der Waals surface area contributed by atoms with E-state index in [1.165, 1.54) is 5.56 Å². The third-order valence-corrected chi connectivity index (χ3v) is 12.4. The number of nitrogens with zero attached hydrogens (tertiary/aromatic N) is 3. The Morgan fingerprint density at radius 2 is 1.30 bits per heavy atom. The van der Waals surface area contributed by atoms with Gasteiger partial charge in [-0.25, -0.2) is 4.98 Å². The van der Waals surface area contributed by atoms with Crippen LogP contribution in [0.15, 0.2) is 128 Å². The van der Waals surface area contributed by atoms with E-state index in [1.807, 2.05) is 87.0 Å². The summed E-state index contributed by atoms with van der Waals surface area (Å²) >= 11 is 0. The van der Waals surface area contributed by atoms with E-state index in [0.29, 0.717) is 33.7 Å². The highest BCUT2D eigenvalue weighted by Crippen LogP contribution is 2.43. The molecule has 0 spiro atoms. The largest absolute Gasteiger partial charge is 0.507 e. The fourth-order valence-electron chi connectivity index (χ4n) is 8.86. The number of benzene rings is 6. The number of imidazole rings is 1. The predicted molar refractivity (Wildman–Crippen MR) is 267 cm³/mol. The number of para-hydroxylation sites is 1. The van der Waals surface area contributed by atoms with E-state index in [2.05, 4.69) is 122 Å². The van der Waals surface area contributed by atoms with E-state index < -0.39 is 12.7 Å². The van der Waals surface area contributed by atoms with Crippen LogP contribution in [0, 0.1) is 20.7 Å². The number of aryl methyl sites for hydroxylation is 3. The minimum absolute atomic E-state index is 0.0534. The van der Waals surface area contributed by atoms with Crippen LogP contribution in [0.1, 0.15) is 125 Å². The maximum Gasteiger partial charge on any atom is 0.149 e. The van der Waals surface area contributed by atoms with Gasteiger partial charge in [-0.05, 0) is 159 Å². The molecule has 2 aromatic heterocycles. The summed E-state index contributed by atoms with van der Waals surface area (Å²) < 4.78 is 38.2. The van der Waals surface area contributed by atoms with E-state index in [4.69, 9.17) is 15.5 Å². The molecule has 4 heteroatoms. The molecule has 8 aromatic rings. The molecule has 8 rings (SSSR count). The van der Waals surface area contributed by atoms with Crippen molar-refractivity contribution in [3.63, 3.8) is 0 Å². The number of hydrogen-bond acceptors (Lipinski definition) is 3. The molecule has 0 radical (unpaired) electrons. The molecule has 0 bridgehead atoms. The van der Waals surface area contributed by atoms with Gasteiger partial charge in [-0.2, -0.15) is 0 Å². The first-order valence-corrected chi connectivity index (χ1v) is 22.2. The SMILES string of the molecule is [2H]C([2H])([2H])c1cc(-c2c(C(C)C)cccc2C([2H])(C)C)ccc1-n1c(-c2cc(C)cc(C)c2O)nc2c(-c3cc(-c4cc(-c5ccc(C(C)(C)C)cc5)ccn4)cc(C(C)(C)C)c3)cccc21. The lowest BCUT2D eigenvalue weighted by Crippen LogP contribution is -2.11. The molecule has 320 valence electrons. The smallest absolute Gasteiger partial charge is 0.149 e. The van der Waals surface area contributed by atoms with Crippen LogP contribution in [-0.4, -0.2) is 19.6 Å². The summed E-state index contributed by atoms with van der Waals surface area (Å²) in [5, 5.41) is 11.8. The minimum Gasteiger partial charge on any atom is -0.507 e. The molecule has 2 heterocycles. The van der Waals surface area contributed by atoms with E-state index in [1.54, 1.807) is 6.07 Å². The zero-order chi connectivity index (χ0) is 48.5. The Balaban J connectivity index is 1.39. The van der Waals surface area contributed by atoms with Crippen molar-refractivity contribution < 1.29 is 10.6 Å². The third-order valence-electron chi connectivity index (χ3n) is 12.4. The maximum absolute atomic E-state index is 11.8. The quantitative estimate of drug-likeness (QED) is 0.166. The van der Waals surface area contributed by atoms with Gasteiger partial charge in [0.15, 0.2) is 0 Å². The summed E-state index contributed by atoms with van der Waals surface area (Å²) in [5.74, 6) is -0.295. The Labute approximate surface area is 381 Å². The van der Waals surface area contributed by atoms with Crippen molar-refractivity contribution in [1.82, 2.24) is 14.5 Å². The van der Waals surface area contributed by atoms with Gasteiger partial charge in [0.2, 0.25) is 0 Å². The Morgan fingerprint density at radius 1 is 0.619 bits per heavy atom. The molecule has 0 aliphatic carbocycles. The molecule has 0 saturated heterocycles. The van der Waals surface area contributed by atoms with Crippen LogP contribution in [0.2, 0.25) is 0 Å². The number of phenols is 1. The van der Waals surface area contributed by atoms with Gasteiger partial charge in [-0.1, -0.05) is 142 Å². The van der Waals surface area contributed by atoms with Crippen LogP contribution < -0.4 is 0 Å². The van der Waals surface area contributed by atoms with Crippen molar-refractivity contribution in [2.24, 2.45) is 0 Å². The summed E-state index contributed by atoms with van der Waals surface area (Å²) in [6.45, 7) is 22.6. The third kappa shape index (κ3) is 8.36. The van der Waals surface area contributed by atoms with Gasteiger partial charge < -0.3 is 5.11 Å². The Bertz CT molecular complexity index is 3170. The van der Waals surface area contributed by atoms with E-state index in [-0.39, 0.29) is 28.1 Å². The summed E-state index contributed by atoms with van der Waals surface area (Å²) in [6.07, 6.45) is 1.88. The van der Waals surface area contributed by atoms with Crippen molar-refractivity contribution in [3.05, 3.63) is 166 Å². The normalized spacial score (nSPS) is 13.5. The molecule has 0 saturated carbocycles. The Kier molecular flexibility index (Phi) is 10.0. The number of pyridine rings is 1. The summed E-state index contributed by atoms with van der Waals surface area (Å²) in [6, 6.07) is 41.2. The predicted octanol–water partition coefficient (Wildman–Crippen LogP) is 16.2. The molecule has 6 aromatic carbocycles. The Morgan fingerprint density at radius 3 is 1.98 bits per heavy atom. The maximum atomic E-state index is 11.8. The van der Waals surface area contributed by atoms with Crippen molar-refractivity contribution in [2.75, 3.05) is 0 Å². The first kappa shape index (κ1) is 38.4. The van der Waals surface area contributed by atoms with Crippen LogP contribution in [-0.2, 0) is 10.8 Å². The lowest BCUT2D eigenvalue weighted by Gasteiger charge is -2.22. The number of fused-ring (bicyclic) bond motifs is 1. The van der Waals surface area contributed by atoms with E-state index in [0.717, 1.165) is 66.9 Å². The molecule has 1 N–H and O–H groups in total. The van der Waals surface area contributed by atoms with Gasteiger partial charge in [0.25, 0.3) is 0 Å². The second kappa shape index (κ2) is 16.5. The second-order valence-electron chi connectivity index (χ2n) is 19.9. The van der Waals surface area contributed by atoms with Crippen LogP contribution in [0.3, 0.4) is 0 Å². The summed E-state index contributed by atoms with van der Waals surface area (Å²) in [5.41, 5.74) is 15.6. The summed E-state index contributed by atoms with van der Waals surface area (Å²) in [4.78, 5) is 10.3. The molecular weight excluding hydrogens is 767 g/mol. The number of hydrogen-bond donors (Lipinski definition) is 1. The van der Waals surface area contributed by atoms with Gasteiger partial charge in [0.1, 0.15) is 11.6 Å². The summed E-state index contributed by atoms with van der Waals surface area (Å²) in [7, 11) is 0. The van der Waals surface area contributed by atoms with Gasteiger partial charge in [0.05, 0.1) is 28.0 Å². The van der Waals surface area contributed by atoms with Gasteiger partial charge in [-0.3, -0.25) is 9.55 Å². The molecule has 0 aliphatic rings. The van der Waals surface area contributed by atoms with Crippen molar-refractivity contribution in [3.8, 4) is 67.5 Å². The zero-order valence-corrected chi connectivity index (χ0v) is 39.0. The lowest BCUT2D eigenvalue weighted by molar-refractivity contribution is 0.472. The first-order chi connectivity index (χ1) is 31.3. The molecule has 63 heavy (non-hydrogen) atoms. The number of aromatic nitrogens is 3. The molecular formula is C59H63N3O. The molecule has 0 amide bonds. The molecule has 0 aliphatic heterocycles. The fraction of sp³-hybridized carbons (Fsp3) is 0.288. The highest BCUT2D eigenvalue weighted by Gasteiger charge is 2.25. The number of aromatic hydroxyl groups is 1. The van der Waals surface area contributed by atoms with E-state index in [9.17, 15) is 5.11 Å². The van der Waals surface area contributed by atoms with Crippen molar-refractivity contribution in [1.29, 1.82) is 0 Å². The lowest BCUT2D eigenvalue weighted by atomic mass is 9.83. The number of phenolic OH excluding ortho intramolecular Hbond substituents is 1. The second-order valence-corrected chi connectivity index (χ2v) is 19.9. The van der Waals surface area contributed by atoms with Crippen molar-refractivity contribution >= 4 is 11.0 Å².